The van der Waals surface area contributed by atoms with Gasteiger partial charge in [0.2, 0.25) is 0 Å². The first-order valence-electron chi connectivity index (χ1n) is 34.0. The summed E-state index contributed by atoms with van der Waals surface area (Å²) < 4.78 is 26.8. The summed E-state index contributed by atoms with van der Waals surface area (Å²) in [6.07, 6.45) is 63.1. The molecule has 0 radical (unpaired) electrons. The minimum absolute atomic E-state index is 0.00273. The number of cyclic esters (lactones) is 4. The Labute approximate surface area is 482 Å². The van der Waals surface area contributed by atoms with E-state index in [-0.39, 0.29) is 47.3 Å². The lowest BCUT2D eigenvalue weighted by Crippen LogP contribution is -2.23. The number of carbonyl (C=O) groups is 4. The van der Waals surface area contributed by atoms with Gasteiger partial charge in [0.1, 0.15) is 23.4 Å². The molecule has 0 saturated carbocycles. The van der Waals surface area contributed by atoms with Gasteiger partial charge < -0.3 is 23.7 Å². The summed E-state index contributed by atoms with van der Waals surface area (Å²) in [5.41, 5.74) is -0.275. The molecule has 0 spiro atoms. The Morgan fingerprint density at radius 2 is 0.641 bits per heavy atom. The maximum absolute atomic E-state index is 11.1. The number of hydrogen-bond donors (Lipinski definition) is 0. The van der Waals surface area contributed by atoms with Crippen LogP contribution in [0, 0.1) is 0 Å². The molecule has 0 aromatic carbocycles. The van der Waals surface area contributed by atoms with Gasteiger partial charge in [-0.05, 0) is 117 Å². The van der Waals surface area contributed by atoms with Gasteiger partial charge in [-0.25, -0.2) is 0 Å². The summed E-state index contributed by atoms with van der Waals surface area (Å²) >= 11 is 0. The van der Waals surface area contributed by atoms with Crippen LogP contribution in [0.2, 0.25) is 0 Å². The standard InChI is InChI=1S/C15H28O.2C14H26O2.2C13H24O2/c1-3-4-5-6-7-8-9-10-11-15-13-12-14(2)16-15;1-3-4-5-6-7-8-9-11-14(2)12-10-13(15)16-14;1-2-3-4-5-6-7-8-10-13-11-9-12-14(15)16-13;1-3-4-5-6-7-8-10-13(2)11-9-12(14)15-13;1-2-3-4-5-6-7-8-9-12-10-11-13(14)15-12/h15H,2-13H2,1H3;3-12H2,1-2H3;13H,2-12H2,1H3;3-11H2,1-2H3;12H,2-11H2,1H3. The van der Waals surface area contributed by atoms with Gasteiger partial charge >= 0.3 is 23.9 Å². The Kier molecular flexibility index (Phi) is 47.2. The van der Waals surface area contributed by atoms with Crippen molar-refractivity contribution in [2.45, 2.75) is 405 Å². The van der Waals surface area contributed by atoms with E-state index in [9.17, 15) is 19.2 Å². The number of ether oxygens (including phenoxy) is 5. The molecule has 5 rings (SSSR count). The molecule has 9 heteroatoms. The summed E-state index contributed by atoms with van der Waals surface area (Å²) in [5.74, 6) is 1.00. The molecule has 5 aliphatic heterocycles. The van der Waals surface area contributed by atoms with Crippen LogP contribution in [-0.4, -0.2) is 53.4 Å². The molecule has 5 unspecified atom stereocenters. The molecule has 5 aliphatic rings. The molecule has 5 fully saturated rings. The number of hydrogen-bond acceptors (Lipinski definition) is 9. The number of esters is 4. The average Bonchev–Trinajstić information content (AvgIpc) is 4.22. The second-order valence-electron chi connectivity index (χ2n) is 24.8. The first kappa shape index (κ1) is 73.4. The summed E-state index contributed by atoms with van der Waals surface area (Å²) in [4.78, 5) is 44.0. The van der Waals surface area contributed by atoms with Gasteiger partial charge in [-0.1, -0.05) is 234 Å². The fraction of sp³-hybridized carbons (Fsp3) is 0.913. The molecular weight excluding hydrogens is 973 g/mol. The van der Waals surface area contributed by atoms with Crippen LogP contribution in [0.15, 0.2) is 12.3 Å². The third-order valence-corrected chi connectivity index (χ3v) is 16.7. The lowest BCUT2D eigenvalue weighted by atomic mass is 9.95. The molecule has 0 aromatic heterocycles. The van der Waals surface area contributed by atoms with Crippen molar-refractivity contribution in [3.8, 4) is 0 Å². The van der Waals surface area contributed by atoms with Crippen molar-refractivity contribution in [1.82, 2.24) is 0 Å². The topological polar surface area (TPSA) is 114 Å². The molecule has 78 heavy (non-hydrogen) atoms. The molecular formula is C69H128O9. The van der Waals surface area contributed by atoms with Crippen LogP contribution in [0.1, 0.15) is 376 Å². The Balaban J connectivity index is 0.000000488. The lowest BCUT2D eigenvalue weighted by molar-refractivity contribution is -0.154. The molecule has 9 nitrogen and oxygen atoms in total. The molecule has 5 atom stereocenters. The highest BCUT2D eigenvalue weighted by molar-refractivity contribution is 5.72. The van der Waals surface area contributed by atoms with Gasteiger partial charge in [0.15, 0.2) is 0 Å². The van der Waals surface area contributed by atoms with E-state index in [1.54, 1.807) is 0 Å². The molecule has 0 N–H and O–H groups in total. The van der Waals surface area contributed by atoms with E-state index >= 15 is 0 Å². The van der Waals surface area contributed by atoms with Gasteiger partial charge in [0.25, 0.3) is 0 Å². The Hall–Kier alpha value is -2.58. The fourth-order valence-electron chi connectivity index (χ4n) is 11.4. The summed E-state index contributed by atoms with van der Waals surface area (Å²) in [6.45, 7) is 19.3. The average molecular weight is 1100 g/mol. The highest BCUT2D eigenvalue weighted by Gasteiger charge is 2.36. The SMILES string of the molecule is C=C1CCC(CCCCCCCCCC)O1.CCCCCCCCC1(C)CCC(=O)O1.CCCCCCCCCC1(C)CCC(=O)O1.CCCCCCCCCC1CCC(=O)O1.CCCCCCCCCC1CCCC(=O)O1. The smallest absolute Gasteiger partial charge is 0.306 e. The second kappa shape index (κ2) is 50.2. The van der Waals surface area contributed by atoms with Crippen molar-refractivity contribution in [3.63, 3.8) is 0 Å². The van der Waals surface area contributed by atoms with Gasteiger partial charge in [0, 0.05) is 32.1 Å². The maximum atomic E-state index is 11.1. The largest absolute Gasteiger partial charge is 0.495 e. The third kappa shape index (κ3) is 43.2. The van der Waals surface area contributed by atoms with Crippen molar-refractivity contribution in [2.75, 3.05) is 0 Å². The monoisotopic (exact) mass is 1100 g/mol. The van der Waals surface area contributed by atoms with Crippen molar-refractivity contribution in [3.05, 3.63) is 12.3 Å². The van der Waals surface area contributed by atoms with Crippen LogP contribution < -0.4 is 0 Å². The highest BCUT2D eigenvalue weighted by Crippen LogP contribution is 2.33. The van der Waals surface area contributed by atoms with Crippen LogP contribution in [-0.2, 0) is 42.9 Å². The minimum atomic E-state index is -0.138. The lowest BCUT2D eigenvalue weighted by Gasteiger charge is -2.22. The minimum Gasteiger partial charge on any atom is -0.495 e. The second-order valence-corrected chi connectivity index (χ2v) is 24.8. The molecule has 0 amide bonds. The van der Waals surface area contributed by atoms with E-state index in [4.69, 9.17) is 23.7 Å². The van der Waals surface area contributed by atoms with E-state index in [0.29, 0.717) is 31.8 Å². The zero-order chi connectivity index (χ0) is 57.2. The Morgan fingerprint density at radius 1 is 0.346 bits per heavy atom. The van der Waals surface area contributed by atoms with Gasteiger partial charge in [-0.3, -0.25) is 19.2 Å². The zero-order valence-electron chi connectivity index (χ0n) is 52.7. The number of rotatable bonds is 40. The zero-order valence-corrected chi connectivity index (χ0v) is 52.7. The van der Waals surface area contributed by atoms with Crippen LogP contribution in [0.5, 0.6) is 0 Å². The van der Waals surface area contributed by atoms with Crippen molar-refractivity contribution in [1.29, 1.82) is 0 Å². The predicted molar refractivity (Wildman–Crippen MR) is 327 cm³/mol. The van der Waals surface area contributed by atoms with Gasteiger partial charge in [-0.2, -0.15) is 0 Å². The van der Waals surface area contributed by atoms with E-state index in [1.165, 1.54) is 238 Å². The predicted octanol–water partition coefficient (Wildman–Crippen LogP) is 21.3. The summed E-state index contributed by atoms with van der Waals surface area (Å²) in [5, 5.41) is 0. The van der Waals surface area contributed by atoms with E-state index < -0.39 is 0 Å². The van der Waals surface area contributed by atoms with E-state index in [2.05, 4.69) is 55.0 Å². The van der Waals surface area contributed by atoms with Crippen LogP contribution in [0.4, 0.5) is 0 Å². The number of allylic oxidation sites excluding steroid dienone is 1. The molecule has 0 bridgehead atoms. The molecule has 458 valence electrons. The van der Waals surface area contributed by atoms with Crippen molar-refractivity contribution >= 4 is 23.9 Å². The van der Waals surface area contributed by atoms with Crippen LogP contribution in [0.25, 0.3) is 0 Å². The van der Waals surface area contributed by atoms with Crippen LogP contribution >= 0.6 is 0 Å². The molecule has 5 saturated heterocycles. The highest BCUT2D eigenvalue weighted by atomic mass is 16.6. The van der Waals surface area contributed by atoms with Crippen LogP contribution in [0.3, 0.4) is 0 Å². The first-order chi connectivity index (χ1) is 37.8. The third-order valence-electron chi connectivity index (χ3n) is 16.7. The van der Waals surface area contributed by atoms with E-state index in [0.717, 1.165) is 70.0 Å². The molecule has 0 aromatic rings. The maximum Gasteiger partial charge on any atom is 0.306 e. The van der Waals surface area contributed by atoms with Gasteiger partial charge in [-0.15, -0.1) is 0 Å². The first-order valence-corrected chi connectivity index (χ1v) is 34.0. The quantitative estimate of drug-likeness (QED) is 0.0336. The summed E-state index contributed by atoms with van der Waals surface area (Å²) in [6, 6.07) is 0. The number of unbranched alkanes of at least 4 members (excludes halogenated alkanes) is 30. The molecule has 0 aliphatic carbocycles. The molecule has 5 heterocycles. The summed E-state index contributed by atoms with van der Waals surface area (Å²) in [7, 11) is 0. The van der Waals surface area contributed by atoms with E-state index in [1.807, 2.05) is 0 Å². The Morgan fingerprint density at radius 3 is 0.936 bits per heavy atom. The normalized spacial score (nSPS) is 22.3. The van der Waals surface area contributed by atoms with Crippen molar-refractivity contribution in [2.24, 2.45) is 0 Å². The van der Waals surface area contributed by atoms with Gasteiger partial charge in [0.05, 0.1) is 11.9 Å². The Bertz CT molecular complexity index is 1460. The van der Waals surface area contributed by atoms with Crippen molar-refractivity contribution < 1.29 is 42.9 Å². The number of carbonyl (C=O) groups excluding carboxylic acids is 4. The fourth-order valence-corrected chi connectivity index (χ4v) is 11.4.